The van der Waals surface area contributed by atoms with E-state index in [4.69, 9.17) is 0 Å². The number of thiophene rings is 1. The number of nitrogens with zero attached hydrogens (tertiary/aromatic N) is 2. The molecule has 1 aliphatic carbocycles. The standard InChI is InChI=1S/C37H24N2S/c1-5-13-32-26(9-1)27-10-2-6-14-33(27)38(32)24-17-20-29-28-11-3-7-15-34(28)39(35(29)21-18-24)25-19-22-37-31(23-25)30-12-4-8-16-36(30)40-37/h1-19,21-23H,20H2. The van der Waals surface area contributed by atoms with Gasteiger partial charge in [-0.15, -0.1) is 11.3 Å². The van der Waals surface area contributed by atoms with Gasteiger partial charge in [0.05, 0.1) is 22.2 Å². The summed E-state index contributed by atoms with van der Waals surface area (Å²) in [6, 6.07) is 42.0. The fourth-order valence-corrected chi connectivity index (χ4v) is 7.74. The van der Waals surface area contributed by atoms with Crippen LogP contribution in [0.25, 0.3) is 70.3 Å². The number of fused-ring (bicyclic) bond motifs is 9. The monoisotopic (exact) mass is 528 g/mol. The maximum absolute atomic E-state index is 2.45. The molecule has 5 aromatic carbocycles. The summed E-state index contributed by atoms with van der Waals surface area (Å²) in [7, 11) is 0. The summed E-state index contributed by atoms with van der Waals surface area (Å²) in [4.78, 5) is 0. The van der Waals surface area contributed by atoms with Crippen molar-refractivity contribution < 1.29 is 0 Å². The van der Waals surface area contributed by atoms with Crippen LogP contribution in [0.15, 0.2) is 127 Å². The predicted molar refractivity (Wildman–Crippen MR) is 173 cm³/mol. The van der Waals surface area contributed by atoms with Crippen LogP contribution in [0.1, 0.15) is 11.3 Å². The van der Waals surface area contributed by atoms with E-state index in [9.17, 15) is 0 Å². The number of hydrogen-bond acceptors (Lipinski definition) is 1. The SMILES string of the molecule is C1=Cc2c(c3ccccc3n2-c2ccc3sc4ccccc4c3c2)CC=C1n1c2ccccc2c2ccccc21. The number of rotatable bonds is 2. The van der Waals surface area contributed by atoms with Crippen LogP contribution < -0.4 is 0 Å². The first-order valence-corrected chi connectivity index (χ1v) is 14.6. The Morgan fingerprint density at radius 3 is 1.85 bits per heavy atom. The molecule has 9 rings (SSSR count). The van der Waals surface area contributed by atoms with Gasteiger partial charge in [0.15, 0.2) is 0 Å². The first-order valence-electron chi connectivity index (χ1n) is 13.8. The van der Waals surface area contributed by atoms with Crippen LogP contribution in [0.5, 0.6) is 0 Å². The molecule has 3 heterocycles. The van der Waals surface area contributed by atoms with Gasteiger partial charge in [0.2, 0.25) is 0 Å². The van der Waals surface area contributed by atoms with Crippen molar-refractivity contribution in [2.45, 2.75) is 6.42 Å². The third-order valence-electron chi connectivity index (χ3n) is 8.40. The number of aromatic nitrogens is 2. The second-order valence-electron chi connectivity index (χ2n) is 10.5. The highest BCUT2D eigenvalue weighted by Gasteiger charge is 2.20. The maximum Gasteiger partial charge on any atom is 0.0540 e. The van der Waals surface area contributed by atoms with Crippen molar-refractivity contribution in [1.29, 1.82) is 0 Å². The molecule has 0 aliphatic heterocycles. The highest BCUT2D eigenvalue weighted by molar-refractivity contribution is 7.25. The van der Waals surface area contributed by atoms with Crippen molar-refractivity contribution in [1.82, 2.24) is 9.13 Å². The van der Waals surface area contributed by atoms with E-state index in [-0.39, 0.29) is 0 Å². The Morgan fingerprint density at radius 2 is 1.10 bits per heavy atom. The summed E-state index contributed by atoms with van der Waals surface area (Å²) in [6.07, 6.45) is 7.90. The molecule has 188 valence electrons. The maximum atomic E-state index is 2.45. The molecule has 0 saturated heterocycles. The molecule has 8 aromatic rings. The van der Waals surface area contributed by atoms with E-state index in [0.29, 0.717) is 0 Å². The number of hydrogen-bond donors (Lipinski definition) is 0. The number of benzene rings is 5. The molecule has 0 atom stereocenters. The summed E-state index contributed by atoms with van der Waals surface area (Å²) in [5.74, 6) is 0. The lowest BCUT2D eigenvalue weighted by Gasteiger charge is -2.10. The number of para-hydroxylation sites is 3. The quantitative estimate of drug-likeness (QED) is 0.211. The molecule has 3 heteroatoms. The third kappa shape index (κ3) is 3.04. The fourth-order valence-electron chi connectivity index (χ4n) is 6.65. The Balaban J connectivity index is 1.27. The molecule has 0 radical (unpaired) electrons. The molecule has 0 unspecified atom stereocenters. The topological polar surface area (TPSA) is 9.86 Å². The minimum atomic E-state index is 0.871. The normalized spacial score (nSPS) is 13.4. The summed E-state index contributed by atoms with van der Waals surface area (Å²) < 4.78 is 7.54. The van der Waals surface area contributed by atoms with Gasteiger partial charge >= 0.3 is 0 Å². The minimum absolute atomic E-state index is 0.871. The van der Waals surface area contributed by atoms with E-state index < -0.39 is 0 Å². The molecule has 0 fully saturated rings. The van der Waals surface area contributed by atoms with Gasteiger partial charge in [-0.05, 0) is 66.6 Å². The second-order valence-corrected chi connectivity index (χ2v) is 11.6. The third-order valence-corrected chi connectivity index (χ3v) is 9.56. The van der Waals surface area contributed by atoms with Crippen molar-refractivity contribution in [3.63, 3.8) is 0 Å². The van der Waals surface area contributed by atoms with Gasteiger partial charge < -0.3 is 9.13 Å². The number of allylic oxidation sites excluding steroid dienone is 3. The van der Waals surface area contributed by atoms with Crippen molar-refractivity contribution >= 4 is 76.0 Å². The van der Waals surface area contributed by atoms with Crippen molar-refractivity contribution in [3.05, 3.63) is 139 Å². The average molecular weight is 529 g/mol. The lowest BCUT2D eigenvalue weighted by molar-refractivity contribution is 1.09. The van der Waals surface area contributed by atoms with Gasteiger partial charge in [-0.3, -0.25) is 0 Å². The fraction of sp³-hybridized carbons (Fsp3) is 0.0270. The molecule has 0 N–H and O–H groups in total. The van der Waals surface area contributed by atoms with Crippen molar-refractivity contribution in [3.8, 4) is 5.69 Å². The first-order chi connectivity index (χ1) is 19.8. The zero-order valence-electron chi connectivity index (χ0n) is 21.7. The lowest BCUT2D eigenvalue weighted by Crippen LogP contribution is -1.97. The van der Waals surface area contributed by atoms with E-state index in [1.807, 2.05) is 11.3 Å². The first kappa shape index (κ1) is 22.0. The van der Waals surface area contributed by atoms with Gasteiger partial charge in [0, 0.05) is 47.7 Å². The average Bonchev–Trinajstić information content (AvgIpc) is 3.59. The van der Waals surface area contributed by atoms with E-state index in [1.54, 1.807) is 0 Å². The molecule has 1 aliphatic rings. The summed E-state index contributed by atoms with van der Waals surface area (Å²) >= 11 is 1.87. The molecule has 0 saturated carbocycles. The van der Waals surface area contributed by atoms with Gasteiger partial charge in [0.25, 0.3) is 0 Å². The van der Waals surface area contributed by atoms with E-state index in [2.05, 4.69) is 143 Å². The van der Waals surface area contributed by atoms with Gasteiger partial charge in [0.1, 0.15) is 0 Å². The van der Waals surface area contributed by atoms with Crippen molar-refractivity contribution in [2.75, 3.05) is 0 Å². The van der Waals surface area contributed by atoms with Crippen molar-refractivity contribution in [2.24, 2.45) is 0 Å². The second kappa shape index (κ2) is 8.32. The van der Waals surface area contributed by atoms with E-state index in [0.717, 1.165) is 6.42 Å². The molecule has 2 nitrogen and oxygen atoms in total. The summed E-state index contributed by atoms with van der Waals surface area (Å²) in [5.41, 5.74) is 8.79. The zero-order chi connectivity index (χ0) is 26.2. The van der Waals surface area contributed by atoms with Crippen LogP contribution in [0.4, 0.5) is 0 Å². The van der Waals surface area contributed by atoms with Crippen LogP contribution in [0.2, 0.25) is 0 Å². The summed E-state index contributed by atoms with van der Waals surface area (Å²) in [5, 5.41) is 6.56. The van der Waals surface area contributed by atoms with Crippen LogP contribution in [-0.4, -0.2) is 9.13 Å². The van der Waals surface area contributed by atoms with E-state index in [1.165, 1.54) is 75.5 Å². The summed E-state index contributed by atoms with van der Waals surface area (Å²) in [6.45, 7) is 0. The molecular weight excluding hydrogens is 504 g/mol. The predicted octanol–water partition coefficient (Wildman–Crippen LogP) is 10.2. The van der Waals surface area contributed by atoms with E-state index >= 15 is 0 Å². The highest BCUT2D eigenvalue weighted by atomic mass is 32.1. The van der Waals surface area contributed by atoms with Crippen LogP contribution >= 0.6 is 11.3 Å². The van der Waals surface area contributed by atoms with Gasteiger partial charge in [-0.2, -0.15) is 0 Å². The van der Waals surface area contributed by atoms with Gasteiger partial charge in [-0.25, -0.2) is 0 Å². The Kier molecular flexibility index (Phi) is 4.58. The van der Waals surface area contributed by atoms with Crippen LogP contribution in [0.3, 0.4) is 0 Å². The van der Waals surface area contributed by atoms with Crippen LogP contribution in [-0.2, 0) is 6.42 Å². The van der Waals surface area contributed by atoms with Gasteiger partial charge in [-0.1, -0.05) is 78.9 Å². The Labute approximate surface area is 235 Å². The molecule has 40 heavy (non-hydrogen) atoms. The Morgan fingerprint density at radius 1 is 0.500 bits per heavy atom. The molecule has 0 spiro atoms. The molecule has 3 aromatic heterocycles. The highest BCUT2D eigenvalue weighted by Crippen LogP contribution is 2.39. The zero-order valence-corrected chi connectivity index (χ0v) is 22.5. The molecule has 0 amide bonds. The minimum Gasteiger partial charge on any atom is -0.310 e. The lowest BCUT2D eigenvalue weighted by atomic mass is 10.1. The largest absolute Gasteiger partial charge is 0.310 e. The Hall–Kier alpha value is -4.86. The molecular formula is C37H24N2S. The smallest absolute Gasteiger partial charge is 0.0540 e. The Bertz CT molecular complexity index is 2300. The van der Waals surface area contributed by atoms with Crippen LogP contribution in [0, 0.1) is 0 Å². The molecule has 0 bridgehead atoms.